The van der Waals surface area contributed by atoms with Gasteiger partial charge in [0.25, 0.3) is 0 Å². The van der Waals surface area contributed by atoms with E-state index >= 15 is 0 Å². The van der Waals surface area contributed by atoms with E-state index in [0.29, 0.717) is 19.7 Å². The monoisotopic (exact) mass is 240 g/mol. The number of hydrogen-bond acceptors (Lipinski definition) is 3. The van der Waals surface area contributed by atoms with Gasteiger partial charge >= 0.3 is 0 Å². The van der Waals surface area contributed by atoms with E-state index in [9.17, 15) is 4.79 Å². The van der Waals surface area contributed by atoms with Crippen LogP contribution in [0.2, 0.25) is 0 Å². The maximum Gasteiger partial charge on any atom is 0.248 e. The van der Waals surface area contributed by atoms with Crippen LogP contribution in [0.5, 0.6) is 0 Å². The minimum Gasteiger partial charge on any atom is -0.370 e. The molecule has 0 aromatic rings. The molecule has 0 radical (unpaired) electrons. The lowest BCUT2D eigenvalue weighted by Gasteiger charge is -2.32. The Morgan fingerprint density at radius 2 is 2.24 bits per heavy atom. The van der Waals surface area contributed by atoms with Gasteiger partial charge in [0.2, 0.25) is 5.91 Å². The summed E-state index contributed by atoms with van der Waals surface area (Å²) in [5.41, 5.74) is 6.95. The van der Waals surface area contributed by atoms with Crippen LogP contribution in [-0.4, -0.2) is 43.7 Å². The second kappa shape index (κ2) is 6.17. The Bertz CT molecular complexity index is 292. The van der Waals surface area contributed by atoms with Crippen molar-refractivity contribution in [1.29, 1.82) is 0 Å². The Morgan fingerprint density at radius 1 is 1.53 bits per heavy atom. The van der Waals surface area contributed by atoms with Crippen LogP contribution in [-0.2, 0) is 9.53 Å². The normalized spacial score (nSPS) is 16.9. The number of rotatable bonds is 4. The van der Waals surface area contributed by atoms with Gasteiger partial charge < -0.3 is 15.4 Å². The molecule has 0 unspecified atom stereocenters. The lowest BCUT2D eigenvalue weighted by molar-refractivity contribution is -0.135. The molecule has 1 aliphatic rings. The minimum atomic E-state index is 0.0580. The first-order valence-electron chi connectivity index (χ1n) is 6.20. The second-order valence-corrected chi connectivity index (χ2v) is 5.41. The SMILES string of the molecule is CC(C)(C)C1=CCN(C(=O)COCCN)CC1. The topological polar surface area (TPSA) is 55.6 Å². The fourth-order valence-corrected chi connectivity index (χ4v) is 1.91. The summed E-state index contributed by atoms with van der Waals surface area (Å²) in [6.45, 7) is 9.19. The van der Waals surface area contributed by atoms with Crippen molar-refractivity contribution in [2.45, 2.75) is 27.2 Å². The quantitative estimate of drug-likeness (QED) is 0.593. The highest BCUT2D eigenvalue weighted by atomic mass is 16.5. The van der Waals surface area contributed by atoms with E-state index in [1.807, 2.05) is 4.90 Å². The van der Waals surface area contributed by atoms with Crippen LogP contribution in [0, 0.1) is 5.41 Å². The molecule has 1 rings (SSSR count). The molecule has 0 aliphatic carbocycles. The van der Waals surface area contributed by atoms with E-state index in [1.165, 1.54) is 5.57 Å². The Kier molecular flexibility index (Phi) is 5.15. The molecule has 1 aliphatic heterocycles. The number of nitrogens with zero attached hydrogens (tertiary/aromatic N) is 1. The van der Waals surface area contributed by atoms with Crippen molar-refractivity contribution in [3.05, 3.63) is 11.6 Å². The highest BCUT2D eigenvalue weighted by molar-refractivity contribution is 5.77. The highest BCUT2D eigenvalue weighted by Crippen LogP contribution is 2.29. The lowest BCUT2D eigenvalue weighted by Crippen LogP contribution is -2.38. The molecular formula is C13H24N2O2. The van der Waals surface area contributed by atoms with Crippen molar-refractivity contribution >= 4 is 5.91 Å². The van der Waals surface area contributed by atoms with Crippen molar-refractivity contribution in [2.24, 2.45) is 11.1 Å². The molecule has 4 heteroatoms. The summed E-state index contributed by atoms with van der Waals surface area (Å²) >= 11 is 0. The predicted molar refractivity (Wildman–Crippen MR) is 68.6 cm³/mol. The molecular weight excluding hydrogens is 216 g/mol. The smallest absolute Gasteiger partial charge is 0.248 e. The van der Waals surface area contributed by atoms with Gasteiger partial charge in [-0.2, -0.15) is 0 Å². The third-order valence-corrected chi connectivity index (χ3v) is 3.01. The zero-order valence-corrected chi connectivity index (χ0v) is 11.2. The van der Waals surface area contributed by atoms with E-state index in [1.54, 1.807) is 0 Å². The first-order chi connectivity index (χ1) is 7.95. The molecule has 1 amide bonds. The average Bonchev–Trinajstić information content (AvgIpc) is 2.28. The van der Waals surface area contributed by atoms with E-state index in [2.05, 4.69) is 26.8 Å². The average molecular weight is 240 g/mol. The van der Waals surface area contributed by atoms with Gasteiger partial charge in [-0.1, -0.05) is 32.4 Å². The molecule has 4 nitrogen and oxygen atoms in total. The van der Waals surface area contributed by atoms with Gasteiger partial charge in [0.05, 0.1) is 6.61 Å². The van der Waals surface area contributed by atoms with Crippen LogP contribution in [0.1, 0.15) is 27.2 Å². The van der Waals surface area contributed by atoms with Crippen LogP contribution in [0.4, 0.5) is 0 Å². The Morgan fingerprint density at radius 3 is 2.71 bits per heavy atom. The Hall–Kier alpha value is -0.870. The van der Waals surface area contributed by atoms with Crippen LogP contribution in [0.3, 0.4) is 0 Å². The first-order valence-corrected chi connectivity index (χ1v) is 6.20. The minimum absolute atomic E-state index is 0.0580. The molecule has 0 spiro atoms. The third kappa shape index (κ3) is 4.48. The van der Waals surface area contributed by atoms with Crippen LogP contribution >= 0.6 is 0 Å². The summed E-state index contributed by atoms with van der Waals surface area (Å²) in [6.07, 6.45) is 3.14. The molecule has 0 atom stereocenters. The number of ether oxygens (including phenoxy) is 1. The lowest BCUT2D eigenvalue weighted by atomic mass is 9.83. The summed E-state index contributed by atoms with van der Waals surface area (Å²) in [7, 11) is 0. The van der Waals surface area contributed by atoms with Crippen molar-refractivity contribution in [2.75, 3.05) is 32.8 Å². The Balaban J connectivity index is 2.41. The van der Waals surface area contributed by atoms with Crippen molar-refractivity contribution in [1.82, 2.24) is 4.90 Å². The molecule has 0 saturated heterocycles. The zero-order chi connectivity index (χ0) is 12.9. The summed E-state index contributed by atoms with van der Waals surface area (Å²) < 4.78 is 5.16. The van der Waals surface area contributed by atoms with Crippen LogP contribution in [0.15, 0.2) is 11.6 Å². The van der Waals surface area contributed by atoms with E-state index in [4.69, 9.17) is 10.5 Å². The van der Waals surface area contributed by atoms with Gasteiger partial charge in [0.1, 0.15) is 6.61 Å². The van der Waals surface area contributed by atoms with Gasteiger partial charge in [-0.05, 0) is 11.8 Å². The molecule has 2 N–H and O–H groups in total. The molecule has 1 heterocycles. The number of amides is 1. The Labute approximate surface area is 104 Å². The number of carbonyl (C=O) groups is 1. The first kappa shape index (κ1) is 14.2. The van der Waals surface area contributed by atoms with Gasteiger partial charge in [-0.25, -0.2) is 0 Å². The highest BCUT2D eigenvalue weighted by Gasteiger charge is 2.23. The predicted octanol–water partition coefficient (Wildman–Crippen LogP) is 1.17. The molecule has 0 fully saturated rings. The molecule has 98 valence electrons. The maximum atomic E-state index is 11.8. The van der Waals surface area contributed by atoms with Crippen LogP contribution < -0.4 is 5.73 Å². The zero-order valence-electron chi connectivity index (χ0n) is 11.2. The second-order valence-electron chi connectivity index (χ2n) is 5.41. The summed E-state index contributed by atoms with van der Waals surface area (Å²) in [4.78, 5) is 13.6. The number of nitrogens with two attached hydrogens (primary N) is 1. The molecule has 0 aromatic carbocycles. The fraction of sp³-hybridized carbons (Fsp3) is 0.769. The molecule has 0 bridgehead atoms. The van der Waals surface area contributed by atoms with Crippen molar-refractivity contribution in [3.8, 4) is 0 Å². The van der Waals surface area contributed by atoms with E-state index < -0.39 is 0 Å². The summed E-state index contributed by atoms with van der Waals surface area (Å²) in [5, 5.41) is 0. The summed E-state index contributed by atoms with van der Waals surface area (Å²) in [6, 6.07) is 0. The van der Waals surface area contributed by atoms with Crippen molar-refractivity contribution in [3.63, 3.8) is 0 Å². The fourth-order valence-electron chi connectivity index (χ4n) is 1.91. The van der Waals surface area contributed by atoms with Gasteiger partial charge in [0.15, 0.2) is 0 Å². The standard InChI is InChI=1S/C13H24N2O2/c1-13(2,3)11-4-7-15(8-5-11)12(16)10-17-9-6-14/h4H,5-10,14H2,1-3H3. The number of hydrogen-bond donors (Lipinski definition) is 1. The molecule has 0 saturated carbocycles. The van der Waals surface area contributed by atoms with Crippen molar-refractivity contribution < 1.29 is 9.53 Å². The van der Waals surface area contributed by atoms with E-state index in [0.717, 1.165) is 13.0 Å². The molecule has 0 aromatic heterocycles. The maximum absolute atomic E-state index is 11.8. The van der Waals surface area contributed by atoms with Gasteiger partial charge in [-0.3, -0.25) is 4.79 Å². The third-order valence-electron chi connectivity index (χ3n) is 3.01. The van der Waals surface area contributed by atoms with Gasteiger partial charge in [0, 0.05) is 19.6 Å². The molecule has 17 heavy (non-hydrogen) atoms. The van der Waals surface area contributed by atoms with Gasteiger partial charge in [-0.15, -0.1) is 0 Å². The number of carbonyl (C=O) groups excluding carboxylic acids is 1. The van der Waals surface area contributed by atoms with E-state index in [-0.39, 0.29) is 17.9 Å². The van der Waals surface area contributed by atoms with Crippen LogP contribution in [0.25, 0.3) is 0 Å². The largest absolute Gasteiger partial charge is 0.370 e. The summed E-state index contributed by atoms with van der Waals surface area (Å²) in [5.74, 6) is 0.0580.